The second-order valence-electron chi connectivity index (χ2n) is 3.77. The number of nitrogens with one attached hydrogen (secondary N) is 1. The van der Waals surface area contributed by atoms with Crippen molar-refractivity contribution >= 4 is 11.7 Å². The standard InChI is InChI=1S/C10H19N3O4/c11-9(13-15)3-1-2-4-12-10(14)8-7-16-5-6-17-8/h8,15H,1-7H2,(H2,11,13)(H,12,14). The van der Waals surface area contributed by atoms with Gasteiger partial charge in [0.05, 0.1) is 19.8 Å². The zero-order valence-electron chi connectivity index (χ0n) is 9.72. The van der Waals surface area contributed by atoms with Crippen molar-refractivity contribution in [3.05, 3.63) is 0 Å². The van der Waals surface area contributed by atoms with Gasteiger partial charge in [-0.1, -0.05) is 5.16 Å². The minimum Gasteiger partial charge on any atom is -0.409 e. The lowest BCUT2D eigenvalue weighted by atomic mass is 10.2. The third kappa shape index (κ3) is 5.50. The fourth-order valence-corrected chi connectivity index (χ4v) is 1.45. The van der Waals surface area contributed by atoms with Crippen LogP contribution >= 0.6 is 0 Å². The van der Waals surface area contributed by atoms with Crippen molar-refractivity contribution in [1.29, 1.82) is 0 Å². The number of ether oxygens (including phenoxy) is 2. The van der Waals surface area contributed by atoms with E-state index in [0.29, 0.717) is 32.8 Å². The summed E-state index contributed by atoms with van der Waals surface area (Å²) in [7, 11) is 0. The van der Waals surface area contributed by atoms with Crippen molar-refractivity contribution in [2.75, 3.05) is 26.4 Å². The summed E-state index contributed by atoms with van der Waals surface area (Å²) in [6, 6.07) is 0. The Morgan fingerprint density at radius 1 is 1.47 bits per heavy atom. The van der Waals surface area contributed by atoms with E-state index in [-0.39, 0.29) is 11.7 Å². The number of oxime groups is 1. The number of nitrogens with zero attached hydrogens (tertiary/aromatic N) is 1. The van der Waals surface area contributed by atoms with E-state index in [2.05, 4.69) is 10.5 Å². The molecule has 4 N–H and O–H groups in total. The second-order valence-corrected chi connectivity index (χ2v) is 3.77. The first-order valence-corrected chi connectivity index (χ1v) is 5.67. The zero-order chi connectivity index (χ0) is 12.5. The number of amides is 1. The van der Waals surface area contributed by atoms with E-state index in [1.807, 2.05) is 0 Å². The molecule has 0 aromatic rings. The summed E-state index contributed by atoms with van der Waals surface area (Å²) >= 11 is 0. The molecule has 1 heterocycles. The quantitative estimate of drug-likeness (QED) is 0.191. The summed E-state index contributed by atoms with van der Waals surface area (Å²) in [6.07, 6.45) is 1.57. The number of carbonyl (C=O) groups is 1. The predicted octanol–water partition coefficient (Wildman–Crippen LogP) is -0.565. The highest BCUT2D eigenvalue weighted by Crippen LogP contribution is 2.01. The van der Waals surface area contributed by atoms with Crippen molar-refractivity contribution in [1.82, 2.24) is 5.32 Å². The minimum atomic E-state index is -0.493. The van der Waals surface area contributed by atoms with E-state index in [1.165, 1.54) is 0 Å². The largest absolute Gasteiger partial charge is 0.409 e. The van der Waals surface area contributed by atoms with Gasteiger partial charge in [-0.05, 0) is 12.8 Å². The van der Waals surface area contributed by atoms with Crippen LogP contribution in [0.15, 0.2) is 5.16 Å². The SMILES string of the molecule is NC(CCCCNC(=O)C1COCCO1)=NO. The molecule has 0 radical (unpaired) electrons. The van der Waals surface area contributed by atoms with Crippen LogP contribution in [0.2, 0.25) is 0 Å². The topological polar surface area (TPSA) is 106 Å². The molecule has 1 saturated heterocycles. The molecule has 7 nitrogen and oxygen atoms in total. The Morgan fingerprint density at radius 3 is 2.94 bits per heavy atom. The Labute approximate surface area is 99.9 Å². The summed E-state index contributed by atoms with van der Waals surface area (Å²) in [5, 5.41) is 13.9. The van der Waals surface area contributed by atoms with Crippen LogP contribution in [0.25, 0.3) is 0 Å². The fraction of sp³-hybridized carbons (Fsp3) is 0.800. The van der Waals surface area contributed by atoms with Crippen molar-refractivity contribution in [2.24, 2.45) is 10.9 Å². The molecular weight excluding hydrogens is 226 g/mol. The predicted molar refractivity (Wildman–Crippen MR) is 60.8 cm³/mol. The molecular formula is C10H19N3O4. The second kappa shape index (κ2) is 7.86. The Hall–Kier alpha value is -1.34. The molecule has 0 aliphatic carbocycles. The number of nitrogens with two attached hydrogens (primary N) is 1. The molecule has 1 aliphatic rings. The first kappa shape index (κ1) is 13.7. The smallest absolute Gasteiger partial charge is 0.251 e. The van der Waals surface area contributed by atoms with E-state index in [4.69, 9.17) is 20.4 Å². The van der Waals surface area contributed by atoms with Gasteiger partial charge in [-0.2, -0.15) is 0 Å². The monoisotopic (exact) mass is 245 g/mol. The molecule has 0 spiro atoms. The molecule has 17 heavy (non-hydrogen) atoms. The molecule has 0 aromatic carbocycles. The number of unbranched alkanes of at least 4 members (excludes halogenated alkanes) is 1. The summed E-state index contributed by atoms with van der Waals surface area (Å²) in [6.45, 7) is 1.87. The lowest BCUT2D eigenvalue weighted by Gasteiger charge is -2.21. The number of hydrogen-bond acceptors (Lipinski definition) is 5. The molecule has 0 bridgehead atoms. The van der Waals surface area contributed by atoms with Crippen molar-refractivity contribution < 1.29 is 19.5 Å². The van der Waals surface area contributed by atoms with Gasteiger partial charge < -0.3 is 25.7 Å². The fourth-order valence-electron chi connectivity index (χ4n) is 1.45. The van der Waals surface area contributed by atoms with E-state index in [9.17, 15) is 4.79 Å². The molecule has 1 aliphatic heterocycles. The average molecular weight is 245 g/mol. The molecule has 1 rings (SSSR count). The highest BCUT2D eigenvalue weighted by atomic mass is 16.6. The van der Waals surface area contributed by atoms with Crippen LogP contribution in [0.3, 0.4) is 0 Å². The van der Waals surface area contributed by atoms with Crippen molar-refractivity contribution in [3.63, 3.8) is 0 Å². The van der Waals surface area contributed by atoms with Gasteiger partial charge in [-0.25, -0.2) is 0 Å². The zero-order valence-corrected chi connectivity index (χ0v) is 9.72. The Bertz CT molecular complexity index is 264. The Kier molecular flexibility index (Phi) is 6.34. The van der Waals surface area contributed by atoms with Gasteiger partial charge >= 0.3 is 0 Å². The third-order valence-electron chi connectivity index (χ3n) is 2.40. The van der Waals surface area contributed by atoms with Gasteiger partial charge in [0.1, 0.15) is 5.84 Å². The van der Waals surface area contributed by atoms with E-state index >= 15 is 0 Å². The van der Waals surface area contributed by atoms with Gasteiger partial charge in [-0.15, -0.1) is 0 Å². The first-order chi connectivity index (χ1) is 8.24. The van der Waals surface area contributed by atoms with Crippen molar-refractivity contribution in [3.8, 4) is 0 Å². The number of hydrogen-bond donors (Lipinski definition) is 3. The van der Waals surface area contributed by atoms with E-state index in [0.717, 1.165) is 12.8 Å². The molecule has 0 saturated carbocycles. The third-order valence-corrected chi connectivity index (χ3v) is 2.40. The van der Waals surface area contributed by atoms with Crippen molar-refractivity contribution in [2.45, 2.75) is 25.4 Å². The molecule has 7 heteroatoms. The first-order valence-electron chi connectivity index (χ1n) is 5.67. The van der Waals surface area contributed by atoms with Crippen LogP contribution in [0, 0.1) is 0 Å². The Balaban J connectivity index is 2.03. The molecule has 1 fully saturated rings. The number of rotatable bonds is 6. The van der Waals surface area contributed by atoms with Crippen LogP contribution in [0.4, 0.5) is 0 Å². The highest BCUT2D eigenvalue weighted by Gasteiger charge is 2.21. The van der Waals surface area contributed by atoms with E-state index < -0.39 is 6.10 Å². The van der Waals surface area contributed by atoms with Gasteiger partial charge in [0.25, 0.3) is 5.91 Å². The summed E-state index contributed by atoms with van der Waals surface area (Å²) in [5.41, 5.74) is 5.31. The highest BCUT2D eigenvalue weighted by molar-refractivity contribution is 5.81. The lowest BCUT2D eigenvalue weighted by molar-refractivity contribution is -0.147. The average Bonchev–Trinajstić information content (AvgIpc) is 2.38. The summed E-state index contributed by atoms with van der Waals surface area (Å²) in [4.78, 5) is 11.5. The van der Waals surface area contributed by atoms with Gasteiger partial charge in [-0.3, -0.25) is 4.79 Å². The summed E-state index contributed by atoms with van der Waals surface area (Å²) < 4.78 is 10.4. The molecule has 1 amide bonds. The maximum atomic E-state index is 11.5. The van der Waals surface area contributed by atoms with Crippen LogP contribution in [-0.2, 0) is 14.3 Å². The van der Waals surface area contributed by atoms with Gasteiger partial charge in [0.2, 0.25) is 0 Å². The molecule has 1 unspecified atom stereocenters. The molecule has 0 aromatic heterocycles. The van der Waals surface area contributed by atoms with Crippen LogP contribution in [0.1, 0.15) is 19.3 Å². The minimum absolute atomic E-state index is 0.145. The van der Waals surface area contributed by atoms with Crippen LogP contribution in [0.5, 0.6) is 0 Å². The number of amidine groups is 1. The normalized spacial score (nSPS) is 21.2. The lowest BCUT2D eigenvalue weighted by Crippen LogP contribution is -2.43. The maximum Gasteiger partial charge on any atom is 0.251 e. The Morgan fingerprint density at radius 2 is 2.29 bits per heavy atom. The maximum absolute atomic E-state index is 11.5. The van der Waals surface area contributed by atoms with E-state index in [1.54, 1.807) is 0 Å². The van der Waals surface area contributed by atoms with Gasteiger partial charge in [0, 0.05) is 13.0 Å². The van der Waals surface area contributed by atoms with Crippen LogP contribution in [-0.4, -0.2) is 49.4 Å². The van der Waals surface area contributed by atoms with Crippen LogP contribution < -0.4 is 11.1 Å². The summed E-state index contributed by atoms with van der Waals surface area (Å²) in [5.74, 6) is 0.0637. The molecule has 98 valence electrons. The van der Waals surface area contributed by atoms with Gasteiger partial charge in [0.15, 0.2) is 6.10 Å². The number of carbonyl (C=O) groups excluding carboxylic acids is 1. The molecule has 1 atom stereocenters.